The number of rotatable bonds is 7. The Morgan fingerprint density at radius 3 is 2.46 bits per heavy atom. The largest absolute Gasteiger partial charge is 0.490 e. The van der Waals surface area contributed by atoms with Gasteiger partial charge < -0.3 is 10.1 Å². The molecule has 0 spiro atoms. The molecule has 0 aromatic heterocycles. The lowest BCUT2D eigenvalue weighted by atomic mass is 10.1. The number of fused-ring (bicyclic) bond motifs is 1. The van der Waals surface area contributed by atoms with E-state index >= 15 is 0 Å². The van der Waals surface area contributed by atoms with Gasteiger partial charge in [0.1, 0.15) is 11.8 Å². The van der Waals surface area contributed by atoms with Gasteiger partial charge in [0.2, 0.25) is 15.9 Å². The molecule has 1 aliphatic heterocycles. The number of nitrogens with zero attached hydrogens (tertiary/aromatic N) is 1. The number of hydrogen-bond acceptors (Lipinski definition) is 4. The molecule has 2 fully saturated rings. The molecule has 0 radical (unpaired) electrons. The molecule has 1 aliphatic carbocycles. The van der Waals surface area contributed by atoms with Crippen LogP contribution in [0.5, 0.6) is 5.75 Å². The predicted octanol–water partition coefficient (Wildman–Crippen LogP) is 5.02. The minimum atomic E-state index is -3.94. The highest BCUT2D eigenvalue weighted by Crippen LogP contribution is 2.29. The van der Waals surface area contributed by atoms with Crippen LogP contribution < -0.4 is 10.1 Å². The number of carbonyl (C=O) groups is 1. The second-order valence-electron chi connectivity index (χ2n) is 9.53. The fraction of sp³-hybridized carbons (Fsp3) is 0.393. The first-order valence-electron chi connectivity index (χ1n) is 12.5. The molecule has 0 bridgehead atoms. The molecule has 1 atom stereocenters. The molecule has 1 heterocycles. The molecular weight excluding hydrogens is 460 g/mol. The van der Waals surface area contributed by atoms with Crippen LogP contribution in [0.2, 0.25) is 0 Å². The molecule has 1 amide bonds. The third-order valence-electron chi connectivity index (χ3n) is 7.02. The maximum Gasteiger partial charge on any atom is 0.244 e. The van der Waals surface area contributed by atoms with E-state index < -0.39 is 16.1 Å². The summed E-state index contributed by atoms with van der Waals surface area (Å²) in [6.07, 6.45) is 6.81. The summed E-state index contributed by atoms with van der Waals surface area (Å²) >= 11 is 0. The molecule has 5 rings (SSSR count). The number of amides is 1. The molecule has 3 aromatic carbocycles. The third kappa shape index (κ3) is 5.36. The van der Waals surface area contributed by atoms with Crippen LogP contribution in [-0.2, 0) is 21.4 Å². The van der Waals surface area contributed by atoms with Crippen molar-refractivity contribution >= 4 is 26.7 Å². The highest BCUT2D eigenvalue weighted by molar-refractivity contribution is 7.89. The summed E-state index contributed by atoms with van der Waals surface area (Å²) in [4.78, 5) is 13.2. The maximum absolute atomic E-state index is 14.0. The van der Waals surface area contributed by atoms with Crippen molar-refractivity contribution in [1.82, 2.24) is 9.62 Å². The van der Waals surface area contributed by atoms with Crippen LogP contribution in [0.1, 0.15) is 50.5 Å². The second kappa shape index (κ2) is 10.4. The lowest BCUT2D eigenvalue weighted by molar-refractivity contribution is -0.124. The van der Waals surface area contributed by atoms with Gasteiger partial charge >= 0.3 is 0 Å². The average molecular weight is 493 g/mol. The Labute approximate surface area is 207 Å². The summed E-state index contributed by atoms with van der Waals surface area (Å²) in [7, 11) is -3.94. The molecule has 1 N–H and O–H groups in total. The first-order chi connectivity index (χ1) is 17.0. The van der Waals surface area contributed by atoms with E-state index in [1.54, 1.807) is 12.1 Å². The van der Waals surface area contributed by atoms with Gasteiger partial charge in [-0.2, -0.15) is 4.31 Å². The number of ether oxygens (including phenoxy) is 1. The molecule has 184 valence electrons. The van der Waals surface area contributed by atoms with E-state index in [2.05, 4.69) is 5.32 Å². The molecule has 1 saturated carbocycles. The Hall–Kier alpha value is -2.90. The monoisotopic (exact) mass is 492 g/mol. The van der Waals surface area contributed by atoms with Crippen molar-refractivity contribution in [2.24, 2.45) is 0 Å². The number of benzene rings is 3. The van der Waals surface area contributed by atoms with Crippen LogP contribution in [0.4, 0.5) is 0 Å². The summed E-state index contributed by atoms with van der Waals surface area (Å²) in [6.45, 7) is 0.680. The third-order valence-corrected chi connectivity index (χ3v) is 8.87. The quantitative estimate of drug-likeness (QED) is 0.502. The van der Waals surface area contributed by atoms with Gasteiger partial charge in [0.05, 0.1) is 11.0 Å². The average Bonchev–Trinajstić information content (AvgIpc) is 3.28. The smallest absolute Gasteiger partial charge is 0.244 e. The molecule has 35 heavy (non-hydrogen) atoms. The van der Waals surface area contributed by atoms with E-state index in [4.69, 9.17) is 4.74 Å². The number of nitrogens with one attached hydrogen (secondary N) is 1. The van der Waals surface area contributed by atoms with Crippen molar-refractivity contribution < 1.29 is 17.9 Å². The predicted molar refractivity (Wildman–Crippen MR) is 137 cm³/mol. The molecule has 2 aliphatic rings. The molecule has 1 saturated heterocycles. The van der Waals surface area contributed by atoms with Gasteiger partial charge in [-0.3, -0.25) is 4.79 Å². The highest BCUT2D eigenvalue weighted by atomic mass is 32.2. The van der Waals surface area contributed by atoms with Crippen LogP contribution in [0, 0.1) is 0 Å². The van der Waals surface area contributed by atoms with Crippen LogP contribution in [0.25, 0.3) is 10.8 Å². The fourth-order valence-corrected chi connectivity index (χ4v) is 6.76. The van der Waals surface area contributed by atoms with Gasteiger partial charge in [-0.25, -0.2) is 8.42 Å². The first-order valence-corrected chi connectivity index (χ1v) is 14.0. The molecule has 0 unspecified atom stereocenters. The summed E-state index contributed by atoms with van der Waals surface area (Å²) < 4.78 is 35.6. The van der Waals surface area contributed by atoms with Gasteiger partial charge in [-0.15, -0.1) is 0 Å². The second-order valence-corrected chi connectivity index (χ2v) is 11.4. The Kier molecular flexibility index (Phi) is 7.07. The lowest BCUT2D eigenvalue weighted by Crippen LogP contribution is -2.48. The number of sulfonamides is 1. The van der Waals surface area contributed by atoms with Crippen LogP contribution in [0.15, 0.2) is 71.6 Å². The van der Waals surface area contributed by atoms with Crippen molar-refractivity contribution in [1.29, 1.82) is 0 Å². The van der Waals surface area contributed by atoms with Crippen LogP contribution >= 0.6 is 0 Å². The van der Waals surface area contributed by atoms with E-state index in [-0.39, 0.29) is 23.5 Å². The summed E-state index contributed by atoms with van der Waals surface area (Å²) in [5.41, 5.74) is 0.807. The van der Waals surface area contributed by atoms with Gasteiger partial charge in [-0.1, -0.05) is 42.5 Å². The van der Waals surface area contributed by atoms with Gasteiger partial charge in [0, 0.05) is 13.1 Å². The number of hydrogen-bond donors (Lipinski definition) is 1. The molecular formula is C28H32N2O4S. The topological polar surface area (TPSA) is 75.7 Å². The van der Waals surface area contributed by atoms with E-state index in [1.165, 1.54) is 17.1 Å². The van der Waals surface area contributed by atoms with Gasteiger partial charge in [-0.05, 0) is 85.5 Å². The van der Waals surface area contributed by atoms with Crippen molar-refractivity contribution in [2.45, 2.75) is 68.5 Å². The molecule has 6 nitrogen and oxygen atoms in total. The normalized spacial score (nSPS) is 19.6. The van der Waals surface area contributed by atoms with Crippen molar-refractivity contribution in [3.05, 3.63) is 72.3 Å². The van der Waals surface area contributed by atoms with E-state index in [1.807, 2.05) is 54.6 Å². The Balaban J connectivity index is 1.49. The number of carbonyl (C=O) groups excluding carboxylic acids is 1. The zero-order valence-electron chi connectivity index (χ0n) is 19.9. The van der Waals surface area contributed by atoms with Crippen molar-refractivity contribution in [3.8, 4) is 5.75 Å². The van der Waals surface area contributed by atoms with E-state index in [0.29, 0.717) is 13.0 Å². The van der Waals surface area contributed by atoms with Crippen molar-refractivity contribution in [2.75, 3.05) is 6.54 Å². The highest BCUT2D eigenvalue weighted by Gasteiger charge is 2.36. The minimum Gasteiger partial charge on any atom is -0.490 e. The van der Waals surface area contributed by atoms with E-state index in [0.717, 1.165) is 47.8 Å². The Morgan fingerprint density at radius 2 is 1.63 bits per heavy atom. The fourth-order valence-electron chi connectivity index (χ4n) is 5.12. The van der Waals surface area contributed by atoms with Crippen molar-refractivity contribution in [3.63, 3.8) is 0 Å². The van der Waals surface area contributed by atoms with Gasteiger partial charge in [0.25, 0.3) is 0 Å². The summed E-state index contributed by atoms with van der Waals surface area (Å²) in [5, 5.41) is 4.73. The Bertz CT molecular complexity index is 1300. The summed E-state index contributed by atoms with van der Waals surface area (Å²) in [5.74, 6) is 0.521. The zero-order chi connectivity index (χ0) is 24.3. The van der Waals surface area contributed by atoms with E-state index in [9.17, 15) is 13.2 Å². The maximum atomic E-state index is 14.0. The Morgan fingerprint density at radius 1 is 0.857 bits per heavy atom. The summed E-state index contributed by atoms with van der Waals surface area (Å²) in [6, 6.07) is 19.7. The molecule has 7 heteroatoms. The lowest BCUT2D eigenvalue weighted by Gasteiger charge is -2.29. The van der Waals surface area contributed by atoms with Crippen LogP contribution in [0.3, 0.4) is 0 Å². The SMILES string of the molecule is O=C1NCCCC[C@@H]1N(Cc1cccc(OC2CCCC2)c1)S(=O)(=O)c1ccc2ccccc2c1. The van der Waals surface area contributed by atoms with Crippen LogP contribution in [-0.4, -0.2) is 37.3 Å². The van der Waals surface area contributed by atoms with Gasteiger partial charge in [0.15, 0.2) is 0 Å². The minimum absolute atomic E-state index is 0.106. The zero-order valence-corrected chi connectivity index (χ0v) is 20.7. The standard InChI is InChI=1S/C28H32N2O4S/c31-28-27(14-5-6-17-29-28)30(20-21-8-7-13-25(18-21)34-24-11-3-4-12-24)35(32,33)26-16-15-22-9-1-2-10-23(22)19-26/h1-2,7-10,13,15-16,18-19,24,27H,3-6,11-12,14,17,20H2,(H,29,31)/t27-/m0/s1. The first kappa shape index (κ1) is 23.8. The molecule has 3 aromatic rings.